The van der Waals surface area contributed by atoms with Gasteiger partial charge in [-0.25, -0.2) is 0 Å². The normalized spacial score (nSPS) is 22.9. The zero-order chi connectivity index (χ0) is 29.3. The summed E-state index contributed by atoms with van der Waals surface area (Å²) in [6, 6.07) is 18.8. The monoisotopic (exact) mass is 588 g/mol. The molecule has 41 heavy (non-hydrogen) atoms. The number of hydrogen-bond donors (Lipinski definition) is 0. The fourth-order valence-electron chi connectivity index (χ4n) is 5.32. The molecule has 0 amide bonds. The molecule has 0 spiro atoms. The summed E-state index contributed by atoms with van der Waals surface area (Å²) in [5, 5.41) is 0. The smallest absolute Gasteiger partial charge is 0.372 e. The first-order valence-corrected chi connectivity index (χ1v) is 14.1. The summed E-state index contributed by atoms with van der Waals surface area (Å²) < 4.78 is 101. The van der Waals surface area contributed by atoms with Crippen molar-refractivity contribution in [3.63, 3.8) is 0 Å². The Morgan fingerprint density at radius 3 is 1.39 bits per heavy atom. The average Bonchev–Trinajstić information content (AvgIpc) is 2.95. The van der Waals surface area contributed by atoms with Crippen LogP contribution in [0.2, 0.25) is 0 Å². The van der Waals surface area contributed by atoms with E-state index in [9.17, 15) is 26.3 Å². The topological polar surface area (TPSA) is 34.2 Å². The van der Waals surface area contributed by atoms with Crippen molar-refractivity contribution in [2.45, 2.75) is 75.7 Å². The largest absolute Gasteiger partial charge is 0.415 e. The van der Waals surface area contributed by atoms with Crippen molar-refractivity contribution in [2.75, 3.05) is 39.3 Å². The van der Waals surface area contributed by atoms with E-state index in [0.29, 0.717) is 52.0 Å². The van der Waals surface area contributed by atoms with Crippen LogP contribution in [0.15, 0.2) is 60.7 Å². The molecule has 5 nitrogen and oxygen atoms in total. The third kappa shape index (κ3) is 10.6. The molecule has 0 N–H and O–H groups in total. The molecule has 2 aliphatic heterocycles. The third-order valence-corrected chi connectivity index (χ3v) is 7.49. The minimum Gasteiger partial charge on any atom is -0.372 e. The first kappa shape index (κ1) is 31.7. The highest BCUT2D eigenvalue weighted by Gasteiger charge is 2.50. The number of alkyl halides is 6. The van der Waals surface area contributed by atoms with Gasteiger partial charge in [0.25, 0.3) is 0 Å². The van der Waals surface area contributed by atoms with Crippen LogP contribution >= 0.6 is 0 Å². The van der Waals surface area contributed by atoms with Crippen molar-refractivity contribution in [3.05, 3.63) is 71.8 Å². The molecule has 2 aromatic rings. The van der Waals surface area contributed by atoms with Crippen molar-refractivity contribution < 1.29 is 40.6 Å². The van der Waals surface area contributed by atoms with Gasteiger partial charge in [0.15, 0.2) is 12.2 Å². The minimum atomic E-state index is -4.95. The molecule has 4 atom stereocenters. The summed E-state index contributed by atoms with van der Waals surface area (Å²) in [6.45, 7) is 0.363. The molecule has 2 heterocycles. The van der Waals surface area contributed by atoms with Crippen molar-refractivity contribution in [3.8, 4) is 0 Å². The van der Waals surface area contributed by atoms with Crippen molar-refractivity contribution >= 4 is 0 Å². The molecule has 4 unspecified atom stereocenters. The quantitative estimate of drug-likeness (QED) is 0.275. The van der Waals surface area contributed by atoms with E-state index in [-0.39, 0.29) is 25.3 Å². The number of rotatable bonds is 12. The molecule has 2 aliphatic rings. The molecule has 0 saturated carbocycles. The molecule has 2 saturated heterocycles. The summed E-state index contributed by atoms with van der Waals surface area (Å²) in [6.07, 6.45) is -13.1. The van der Waals surface area contributed by atoms with E-state index in [1.807, 2.05) is 60.7 Å². The summed E-state index contributed by atoms with van der Waals surface area (Å²) in [5.41, 5.74) is 1.89. The number of hydrogen-bond acceptors (Lipinski definition) is 5. The van der Waals surface area contributed by atoms with E-state index in [4.69, 9.17) is 14.2 Å². The van der Waals surface area contributed by atoms with Gasteiger partial charge < -0.3 is 14.2 Å². The van der Waals surface area contributed by atoms with E-state index in [1.54, 1.807) is 0 Å². The first-order chi connectivity index (χ1) is 19.6. The number of nitrogens with zero attached hydrogens (tertiary/aromatic N) is 2. The summed E-state index contributed by atoms with van der Waals surface area (Å²) in [4.78, 5) is 3.00. The molecular weight excluding hydrogens is 550 g/mol. The van der Waals surface area contributed by atoms with E-state index in [1.165, 1.54) is 9.80 Å². The Morgan fingerprint density at radius 2 is 1.02 bits per heavy atom. The Labute approximate surface area is 237 Å². The maximum Gasteiger partial charge on any atom is 0.415 e. The Morgan fingerprint density at radius 1 is 0.634 bits per heavy atom. The first-order valence-electron chi connectivity index (χ1n) is 14.1. The van der Waals surface area contributed by atoms with Crippen LogP contribution in [0.5, 0.6) is 0 Å². The lowest BCUT2D eigenvalue weighted by atomic mass is 10.1. The van der Waals surface area contributed by atoms with E-state index >= 15 is 0 Å². The molecule has 228 valence electrons. The number of piperidine rings is 2. The number of ether oxygens (including phenoxy) is 3. The van der Waals surface area contributed by atoms with Crippen LogP contribution in [-0.2, 0) is 27.4 Å². The van der Waals surface area contributed by atoms with Crippen molar-refractivity contribution in [2.24, 2.45) is 0 Å². The molecule has 4 rings (SSSR count). The number of halogens is 6. The molecular formula is C30H38F6N2O3. The highest BCUT2D eigenvalue weighted by Crippen LogP contribution is 2.32. The van der Waals surface area contributed by atoms with E-state index in [0.717, 1.165) is 11.1 Å². The fourth-order valence-corrected chi connectivity index (χ4v) is 5.32. The average molecular weight is 589 g/mol. The summed E-state index contributed by atoms with van der Waals surface area (Å²) in [5.74, 6) is 0. The lowest BCUT2D eigenvalue weighted by Crippen LogP contribution is -2.53. The van der Waals surface area contributed by atoms with Crippen LogP contribution < -0.4 is 0 Å². The Kier molecular flexibility index (Phi) is 11.5. The molecule has 2 aromatic carbocycles. The lowest BCUT2D eigenvalue weighted by molar-refractivity contribution is -0.291. The molecule has 0 radical (unpaired) electrons. The van der Waals surface area contributed by atoms with Crippen molar-refractivity contribution in [1.29, 1.82) is 0 Å². The summed E-state index contributed by atoms with van der Waals surface area (Å²) >= 11 is 0. The van der Waals surface area contributed by atoms with Gasteiger partial charge in [-0.1, -0.05) is 60.7 Å². The standard InChI is InChI=1S/C30H38F6N2O3/c31-29(32,33)27(19-37-15-7-13-25(17-37)39-21-23-9-3-1-4-10-23)41-28(30(34,35)36)20-38-16-8-14-26(18-38)40-22-24-11-5-2-6-12-24/h1-6,9-12,25-28H,7-8,13-22H2. The van der Waals surface area contributed by atoms with Crippen LogP contribution in [-0.4, -0.2) is 85.8 Å². The predicted octanol–water partition coefficient (Wildman–Crippen LogP) is 6.23. The Balaban J connectivity index is 1.33. The van der Waals surface area contributed by atoms with Gasteiger partial charge in [0.1, 0.15) is 0 Å². The fraction of sp³-hybridized carbons (Fsp3) is 0.600. The van der Waals surface area contributed by atoms with Crippen LogP contribution in [0.25, 0.3) is 0 Å². The Hall–Kier alpha value is -2.18. The minimum absolute atomic E-state index is 0.200. The van der Waals surface area contributed by atoms with E-state index < -0.39 is 37.7 Å². The van der Waals surface area contributed by atoms with Gasteiger partial charge in [0.05, 0.1) is 25.4 Å². The molecule has 0 aliphatic carbocycles. The Bertz CT molecular complexity index is 943. The maximum absolute atomic E-state index is 14.0. The SMILES string of the molecule is FC(F)(F)C(CN1CCCC(OCc2ccccc2)C1)OC(CN1CCCC(OCc2ccccc2)C1)C(F)(F)F. The van der Waals surface area contributed by atoms with Crippen LogP contribution in [0, 0.1) is 0 Å². The zero-order valence-corrected chi connectivity index (χ0v) is 23.0. The summed E-state index contributed by atoms with van der Waals surface area (Å²) in [7, 11) is 0. The van der Waals surface area contributed by atoms with Gasteiger partial charge in [-0.3, -0.25) is 9.80 Å². The van der Waals surface area contributed by atoms with Gasteiger partial charge in [-0.05, 0) is 49.9 Å². The maximum atomic E-state index is 14.0. The molecule has 2 fully saturated rings. The van der Waals surface area contributed by atoms with Crippen LogP contribution in [0.1, 0.15) is 36.8 Å². The second kappa shape index (κ2) is 14.8. The number of likely N-dealkylation sites (tertiary alicyclic amines) is 2. The predicted molar refractivity (Wildman–Crippen MR) is 142 cm³/mol. The van der Waals surface area contributed by atoms with Gasteiger partial charge in [0, 0.05) is 26.2 Å². The van der Waals surface area contributed by atoms with E-state index in [2.05, 4.69) is 0 Å². The molecule has 11 heteroatoms. The lowest BCUT2D eigenvalue weighted by Gasteiger charge is -2.38. The van der Waals surface area contributed by atoms with Gasteiger partial charge in [-0.2, -0.15) is 26.3 Å². The second-order valence-corrected chi connectivity index (χ2v) is 10.8. The molecule has 0 aromatic heterocycles. The number of benzene rings is 2. The second-order valence-electron chi connectivity index (χ2n) is 10.8. The van der Waals surface area contributed by atoms with Gasteiger partial charge in [-0.15, -0.1) is 0 Å². The zero-order valence-electron chi connectivity index (χ0n) is 23.0. The third-order valence-electron chi connectivity index (χ3n) is 7.49. The highest BCUT2D eigenvalue weighted by molar-refractivity contribution is 5.14. The van der Waals surface area contributed by atoms with Gasteiger partial charge in [0.2, 0.25) is 0 Å². The van der Waals surface area contributed by atoms with Crippen molar-refractivity contribution in [1.82, 2.24) is 9.80 Å². The van der Waals surface area contributed by atoms with Crippen LogP contribution in [0.3, 0.4) is 0 Å². The molecule has 0 bridgehead atoms. The van der Waals surface area contributed by atoms with Crippen LogP contribution in [0.4, 0.5) is 26.3 Å². The highest BCUT2D eigenvalue weighted by atomic mass is 19.4. The van der Waals surface area contributed by atoms with Gasteiger partial charge >= 0.3 is 12.4 Å².